The summed E-state index contributed by atoms with van der Waals surface area (Å²) in [7, 11) is 0. The molecule has 0 spiro atoms. The van der Waals surface area contributed by atoms with Crippen molar-refractivity contribution in [3.05, 3.63) is 47.5 Å². The average molecular weight is 492 g/mol. The minimum atomic E-state index is -0.543. The van der Waals surface area contributed by atoms with Gasteiger partial charge in [-0.15, -0.1) is 0 Å². The lowest BCUT2D eigenvalue weighted by atomic mass is 10.1. The molecule has 0 atom stereocenters. The molecule has 4 N–H and O–H groups in total. The number of hydrogen-bond donors (Lipinski definition) is 4. The van der Waals surface area contributed by atoms with Gasteiger partial charge in [-0.3, -0.25) is 9.59 Å². The van der Waals surface area contributed by atoms with Crippen molar-refractivity contribution in [2.75, 3.05) is 43.6 Å². The third kappa shape index (κ3) is 6.73. The molecule has 3 aromatic rings. The van der Waals surface area contributed by atoms with Crippen LogP contribution in [-0.4, -0.2) is 59.9 Å². The number of benzene rings is 2. The maximum Gasteiger partial charge on any atom is 0.246 e. The minimum Gasteiger partial charge on any atom is -0.492 e. The van der Waals surface area contributed by atoms with E-state index in [0.717, 1.165) is 0 Å². The highest BCUT2D eigenvalue weighted by molar-refractivity contribution is 6.31. The molecule has 1 aromatic heterocycles. The number of anilines is 3. The van der Waals surface area contributed by atoms with Gasteiger partial charge in [0.05, 0.1) is 42.6 Å². The van der Waals surface area contributed by atoms with Gasteiger partial charge < -0.3 is 30.5 Å². The summed E-state index contributed by atoms with van der Waals surface area (Å²) in [5.74, 6) is -0.744. The number of rotatable bonds is 11. The average Bonchev–Trinajstić information content (AvgIpc) is 2.81. The zero-order valence-electron chi connectivity index (χ0n) is 18.2. The van der Waals surface area contributed by atoms with E-state index in [2.05, 4.69) is 25.9 Å². The van der Waals surface area contributed by atoms with E-state index in [1.165, 1.54) is 24.5 Å². The zero-order valence-corrected chi connectivity index (χ0v) is 19.0. The number of carbonyl (C=O) groups is 2. The van der Waals surface area contributed by atoms with Gasteiger partial charge in [-0.25, -0.2) is 14.4 Å². The van der Waals surface area contributed by atoms with Crippen molar-refractivity contribution < 1.29 is 28.6 Å². The van der Waals surface area contributed by atoms with Gasteiger partial charge in [0.25, 0.3) is 0 Å². The third-order valence-corrected chi connectivity index (χ3v) is 4.70. The Bertz CT molecular complexity index is 1180. The van der Waals surface area contributed by atoms with Gasteiger partial charge in [0.15, 0.2) is 0 Å². The second-order valence-electron chi connectivity index (χ2n) is 6.88. The molecule has 12 heteroatoms. The molecule has 0 aliphatic rings. The first-order valence-electron chi connectivity index (χ1n) is 10.3. The molecule has 2 amide bonds. The van der Waals surface area contributed by atoms with E-state index in [9.17, 15) is 14.0 Å². The van der Waals surface area contributed by atoms with Gasteiger partial charge in [-0.05, 0) is 31.2 Å². The fourth-order valence-electron chi connectivity index (χ4n) is 2.92. The molecule has 0 unspecified atom stereocenters. The number of halogens is 2. The summed E-state index contributed by atoms with van der Waals surface area (Å²) in [5.41, 5.74) is 1.40. The molecule has 2 aromatic carbocycles. The van der Waals surface area contributed by atoms with E-state index < -0.39 is 17.6 Å². The topological polar surface area (TPSA) is 135 Å². The molecule has 34 heavy (non-hydrogen) atoms. The fourth-order valence-corrected chi connectivity index (χ4v) is 3.10. The Kier molecular flexibility index (Phi) is 8.91. The molecule has 0 saturated carbocycles. The summed E-state index contributed by atoms with van der Waals surface area (Å²) in [6.45, 7) is 1.40. The predicted molar refractivity (Wildman–Crippen MR) is 125 cm³/mol. The molecule has 0 radical (unpaired) electrons. The van der Waals surface area contributed by atoms with Crippen molar-refractivity contribution in [2.45, 2.75) is 6.92 Å². The lowest BCUT2D eigenvalue weighted by Gasteiger charge is -2.15. The first kappa shape index (κ1) is 25.1. The molecule has 0 fully saturated rings. The summed E-state index contributed by atoms with van der Waals surface area (Å²) in [5, 5.41) is 17.4. The molecule has 10 nitrogen and oxygen atoms in total. The summed E-state index contributed by atoms with van der Waals surface area (Å²) in [4.78, 5) is 32.6. The number of aromatic nitrogens is 2. The monoisotopic (exact) mass is 491 g/mol. The standard InChI is InChI=1S/C22H23ClFN5O5/c1-2-34-19-9-17-14(8-18(19)29-20(31)10-25-21(32)11-33-6-5-30)22(27-12-26-17)28-13-3-4-16(24)15(23)7-13/h3-4,7-9,12,30H,2,5-6,10-11H2,1H3,(H,25,32)(H,29,31)(H,26,27,28). The van der Waals surface area contributed by atoms with Crippen LogP contribution >= 0.6 is 11.6 Å². The molecule has 0 bridgehead atoms. The zero-order chi connectivity index (χ0) is 24.5. The lowest BCUT2D eigenvalue weighted by Crippen LogP contribution is -2.35. The Hall–Kier alpha value is -3.54. The number of nitrogens with zero attached hydrogens (tertiary/aromatic N) is 2. The van der Waals surface area contributed by atoms with E-state index in [1.807, 2.05) is 0 Å². The van der Waals surface area contributed by atoms with Gasteiger partial charge in [0.1, 0.15) is 30.3 Å². The first-order chi connectivity index (χ1) is 16.4. The van der Waals surface area contributed by atoms with Crippen LogP contribution in [0.1, 0.15) is 6.92 Å². The highest BCUT2D eigenvalue weighted by atomic mass is 35.5. The van der Waals surface area contributed by atoms with Crippen LogP contribution in [0.3, 0.4) is 0 Å². The summed E-state index contributed by atoms with van der Waals surface area (Å²) in [6.07, 6.45) is 1.36. The number of nitrogens with one attached hydrogen (secondary N) is 3. The van der Waals surface area contributed by atoms with Crippen molar-refractivity contribution in [3.63, 3.8) is 0 Å². The number of hydrogen-bond acceptors (Lipinski definition) is 8. The van der Waals surface area contributed by atoms with Crippen LogP contribution in [0, 0.1) is 5.82 Å². The largest absolute Gasteiger partial charge is 0.492 e. The van der Waals surface area contributed by atoms with Crippen LogP contribution in [-0.2, 0) is 14.3 Å². The molecule has 0 aliphatic heterocycles. The number of fused-ring (bicyclic) bond motifs is 1. The van der Waals surface area contributed by atoms with Crippen molar-refractivity contribution in [2.24, 2.45) is 0 Å². The highest BCUT2D eigenvalue weighted by Crippen LogP contribution is 2.33. The van der Waals surface area contributed by atoms with Crippen LogP contribution in [0.5, 0.6) is 5.75 Å². The van der Waals surface area contributed by atoms with Crippen molar-refractivity contribution in [1.29, 1.82) is 0 Å². The quantitative estimate of drug-likeness (QED) is 0.301. The highest BCUT2D eigenvalue weighted by Gasteiger charge is 2.14. The van der Waals surface area contributed by atoms with Gasteiger partial charge >= 0.3 is 0 Å². The van der Waals surface area contributed by atoms with Crippen molar-refractivity contribution >= 4 is 51.5 Å². The normalized spacial score (nSPS) is 10.7. The second-order valence-corrected chi connectivity index (χ2v) is 7.28. The first-order valence-corrected chi connectivity index (χ1v) is 10.7. The number of carbonyl (C=O) groups excluding carboxylic acids is 2. The van der Waals surface area contributed by atoms with E-state index in [4.69, 9.17) is 26.2 Å². The van der Waals surface area contributed by atoms with Crippen molar-refractivity contribution in [1.82, 2.24) is 15.3 Å². The number of aliphatic hydroxyl groups is 1. The van der Waals surface area contributed by atoms with Gasteiger partial charge in [0, 0.05) is 17.1 Å². The Balaban J connectivity index is 1.81. The van der Waals surface area contributed by atoms with Crippen LogP contribution in [0.25, 0.3) is 10.9 Å². The maximum absolute atomic E-state index is 13.5. The predicted octanol–water partition coefficient (Wildman–Crippen LogP) is 2.63. The van der Waals surface area contributed by atoms with E-state index in [1.54, 1.807) is 19.1 Å². The number of amides is 2. The molecule has 1 heterocycles. The Morgan fingerprint density at radius 1 is 1.18 bits per heavy atom. The fraction of sp³-hybridized carbons (Fsp3) is 0.273. The summed E-state index contributed by atoms with van der Waals surface area (Å²) in [6, 6.07) is 7.46. The van der Waals surface area contributed by atoms with Gasteiger partial charge in [0.2, 0.25) is 11.8 Å². The third-order valence-electron chi connectivity index (χ3n) is 4.41. The SMILES string of the molecule is CCOc1cc2ncnc(Nc3ccc(F)c(Cl)c3)c2cc1NC(=O)CNC(=O)COCCO. The Labute approximate surface area is 199 Å². The van der Waals surface area contributed by atoms with Crippen LogP contribution in [0.4, 0.5) is 21.6 Å². The summed E-state index contributed by atoms with van der Waals surface area (Å²) >= 11 is 5.86. The van der Waals surface area contributed by atoms with E-state index >= 15 is 0 Å². The number of aliphatic hydroxyl groups excluding tert-OH is 1. The molecular weight excluding hydrogens is 469 g/mol. The maximum atomic E-state index is 13.5. The smallest absolute Gasteiger partial charge is 0.246 e. The Morgan fingerprint density at radius 2 is 2.00 bits per heavy atom. The van der Waals surface area contributed by atoms with Gasteiger partial charge in [-0.2, -0.15) is 0 Å². The van der Waals surface area contributed by atoms with Crippen LogP contribution in [0.2, 0.25) is 5.02 Å². The molecule has 0 aliphatic carbocycles. The van der Waals surface area contributed by atoms with Crippen LogP contribution < -0.4 is 20.7 Å². The van der Waals surface area contributed by atoms with Crippen LogP contribution in [0.15, 0.2) is 36.7 Å². The molecule has 3 rings (SSSR count). The molecule has 0 saturated heterocycles. The number of ether oxygens (including phenoxy) is 2. The molecular formula is C22H23ClFN5O5. The minimum absolute atomic E-state index is 0.0248. The second kappa shape index (κ2) is 12.1. The van der Waals surface area contributed by atoms with E-state index in [0.29, 0.717) is 40.5 Å². The molecule has 180 valence electrons. The summed E-state index contributed by atoms with van der Waals surface area (Å²) < 4.78 is 24.0. The lowest BCUT2D eigenvalue weighted by molar-refractivity contribution is -0.128. The Morgan fingerprint density at radius 3 is 2.74 bits per heavy atom. The van der Waals surface area contributed by atoms with E-state index in [-0.39, 0.29) is 31.4 Å². The van der Waals surface area contributed by atoms with Gasteiger partial charge in [-0.1, -0.05) is 11.6 Å². The van der Waals surface area contributed by atoms with Crippen molar-refractivity contribution in [3.8, 4) is 5.75 Å².